The van der Waals surface area contributed by atoms with Gasteiger partial charge in [-0.1, -0.05) is 37.6 Å². The van der Waals surface area contributed by atoms with Gasteiger partial charge in [-0.15, -0.1) is 6.58 Å². The summed E-state index contributed by atoms with van der Waals surface area (Å²) in [6.07, 6.45) is 9.09. The molecule has 170 valence electrons. The minimum absolute atomic E-state index is 0.195. The quantitative estimate of drug-likeness (QED) is 0.614. The number of anilines is 1. The third-order valence-corrected chi connectivity index (χ3v) is 9.37. The Balaban J connectivity index is 1.69. The molecule has 3 heteroatoms. The zero-order valence-corrected chi connectivity index (χ0v) is 20.0. The molecule has 0 heterocycles. The third-order valence-electron chi connectivity index (χ3n) is 9.37. The van der Waals surface area contributed by atoms with Crippen molar-refractivity contribution in [2.45, 2.75) is 63.9 Å². The smallest absolute Gasteiger partial charge is 0.156 e. The molecule has 2 fully saturated rings. The van der Waals surface area contributed by atoms with Crippen LogP contribution in [0.1, 0.15) is 63.9 Å². The van der Waals surface area contributed by atoms with Crippen LogP contribution in [-0.2, 0) is 4.79 Å². The minimum atomic E-state index is -0.826. The van der Waals surface area contributed by atoms with Gasteiger partial charge in [-0.05, 0) is 84.8 Å². The van der Waals surface area contributed by atoms with Crippen LogP contribution in [0.5, 0.6) is 0 Å². The summed E-state index contributed by atoms with van der Waals surface area (Å²) >= 11 is 0. The Morgan fingerprint density at radius 1 is 1.12 bits per heavy atom. The van der Waals surface area contributed by atoms with Gasteiger partial charge in [0.25, 0.3) is 0 Å². The molecule has 0 saturated heterocycles. The Morgan fingerprint density at radius 3 is 2.50 bits per heavy atom. The molecule has 1 N–H and O–H groups in total. The number of allylic oxidation sites excluding steroid dienone is 4. The van der Waals surface area contributed by atoms with Gasteiger partial charge in [0, 0.05) is 37.5 Å². The molecule has 3 nitrogen and oxygen atoms in total. The largest absolute Gasteiger partial charge is 0.385 e. The second kappa shape index (κ2) is 7.45. The Morgan fingerprint density at radius 2 is 1.84 bits per heavy atom. The molecule has 32 heavy (non-hydrogen) atoms. The molecule has 0 unspecified atom stereocenters. The summed E-state index contributed by atoms with van der Waals surface area (Å²) in [5, 5.41) is 11.8. The topological polar surface area (TPSA) is 40.5 Å². The number of rotatable bonds is 3. The second-order valence-electron chi connectivity index (χ2n) is 11.2. The number of hydrogen-bond acceptors (Lipinski definition) is 3. The second-order valence-corrected chi connectivity index (χ2v) is 11.2. The Labute approximate surface area is 192 Å². The maximum Gasteiger partial charge on any atom is 0.156 e. The average Bonchev–Trinajstić information content (AvgIpc) is 2.98. The molecular weight excluding hydrogens is 394 g/mol. The predicted octanol–water partition coefficient (Wildman–Crippen LogP) is 5.82. The van der Waals surface area contributed by atoms with Crippen molar-refractivity contribution in [3.8, 4) is 0 Å². The molecule has 0 aliphatic heterocycles. The number of nitrogens with zero attached hydrogens (tertiary/aromatic N) is 1. The van der Waals surface area contributed by atoms with Gasteiger partial charge in [-0.25, -0.2) is 0 Å². The van der Waals surface area contributed by atoms with E-state index in [0.29, 0.717) is 24.2 Å². The highest BCUT2D eigenvalue weighted by Gasteiger charge is 2.64. The molecule has 5 rings (SSSR count). The van der Waals surface area contributed by atoms with Crippen molar-refractivity contribution in [3.05, 3.63) is 65.3 Å². The summed E-state index contributed by atoms with van der Waals surface area (Å²) < 4.78 is 0. The Hall–Kier alpha value is -2.13. The number of fused-ring (bicyclic) bond motifs is 4. The van der Waals surface area contributed by atoms with Crippen molar-refractivity contribution in [1.82, 2.24) is 0 Å². The van der Waals surface area contributed by atoms with E-state index < -0.39 is 5.60 Å². The van der Waals surface area contributed by atoms with Crippen LogP contribution in [0, 0.1) is 23.2 Å². The summed E-state index contributed by atoms with van der Waals surface area (Å²) in [4.78, 5) is 14.3. The molecule has 1 aromatic rings. The van der Waals surface area contributed by atoms with E-state index in [2.05, 4.69) is 63.7 Å². The van der Waals surface area contributed by atoms with Crippen LogP contribution in [0.4, 0.5) is 5.69 Å². The minimum Gasteiger partial charge on any atom is -0.385 e. The summed E-state index contributed by atoms with van der Waals surface area (Å²) in [6, 6.07) is 8.99. The standard InChI is InChI=1S/C29H37NO2/c1-6-29(32)16-18(2)27-24-13-9-20-15-22(31)12-14-23(20)26(24)25(17-28(27,29)3)19-7-10-21(11-8-19)30(4)5/h6-8,10-11,15,18,24-25,27,32H,1,9,12-14,16-17H2,2-5H3/t18-,24-,25-,27+,28+,29+/m1/s1. The van der Waals surface area contributed by atoms with Crippen molar-refractivity contribution in [3.63, 3.8) is 0 Å². The summed E-state index contributed by atoms with van der Waals surface area (Å²) in [5.41, 5.74) is 5.85. The molecule has 1 aromatic carbocycles. The number of carbonyl (C=O) groups excluding carboxylic acids is 1. The van der Waals surface area contributed by atoms with Crippen LogP contribution in [0.25, 0.3) is 0 Å². The average molecular weight is 432 g/mol. The maximum atomic E-state index is 12.2. The molecule has 0 aromatic heterocycles. The first-order valence-electron chi connectivity index (χ1n) is 12.3. The maximum absolute atomic E-state index is 12.2. The lowest BCUT2D eigenvalue weighted by molar-refractivity contribution is -0.114. The fraction of sp³-hybridized carbons (Fsp3) is 0.552. The van der Waals surface area contributed by atoms with Crippen LogP contribution in [-0.4, -0.2) is 30.6 Å². The zero-order valence-electron chi connectivity index (χ0n) is 20.0. The van der Waals surface area contributed by atoms with Gasteiger partial charge in [0.15, 0.2) is 5.78 Å². The van der Waals surface area contributed by atoms with Gasteiger partial charge in [-0.3, -0.25) is 4.79 Å². The number of benzene rings is 1. The number of hydrogen-bond donors (Lipinski definition) is 1. The van der Waals surface area contributed by atoms with Gasteiger partial charge < -0.3 is 10.0 Å². The molecule has 4 aliphatic carbocycles. The first kappa shape index (κ1) is 21.7. The van der Waals surface area contributed by atoms with E-state index in [1.807, 2.05) is 12.2 Å². The van der Waals surface area contributed by atoms with Crippen molar-refractivity contribution in [1.29, 1.82) is 0 Å². The van der Waals surface area contributed by atoms with Crippen molar-refractivity contribution >= 4 is 11.5 Å². The number of aliphatic hydroxyl groups is 1. The van der Waals surface area contributed by atoms with Gasteiger partial charge in [-0.2, -0.15) is 0 Å². The van der Waals surface area contributed by atoms with E-state index >= 15 is 0 Å². The van der Waals surface area contributed by atoms with Crippen LogP contribution in [0.15, 0.2) is 59.7 Å². The first-order chi connectivity index (χ1) is 15.2. The molecule has 0 spiro atoms. The lowest BCUT2D eigenvalue weighted by atomic mass is 9.50. The molecule has 0 radical (unpaired) electrons. The monoisotopic (exact) mass is 431 g/mol. The van der Waals surface area contributed by atoms with Crippen LogP contribution >= 0.6 is 0 Å². The SMILES string of the molecule is C=C[C@]1(O)C[C@@H](C)[C@H]2[C@@H]3CCC4=CC(=O)CCC4=C3[C@@H](c3ccc(N(C)C)cc3)C[C@@]21C. The highest BCUT2D eigenvalue weighted by Crippen LogP contribution is 2.68. The van der Waals surface area contributed by atoms with E-state index in [1.165, 1.54) is 22.4 Å². The Bertz CT molecular complexity index is 1020. The van der Waals surface area contributed by atoms with Crippen molar-refractivity contribution in [2.24, 2.45) is 23.2 Å². The first-order valence-corrected chi connectivity index (χ1v) is 12.3. The van der Waals surface area contributed by atoms with E-state index in [-0.39, 0.29) is 17.1 Å². The van der Waals surface area contributed by atoms with Crippen LogP contribution in [0.2, 0.25) is 0 Å². The summed E-state index contributed by atoms with van der Waals surface area (Å²) in [5.74, 6) is 1.93. The van der Waals surface area contributed by atoms with E-state index in [9.17, 15) is 9.90 Å². The van der Waals surface area contributed by atoms with Crippen LogP contribution < -0.4 is 4.90 Å². The van der Waals surface area contributed by atoms with E-state index in [4.69, 9.17) is 0 Å². The fourth-order valence-electron chi connectivity index (χ4n) is 7.92. The summed E-state index contributed by atoms with van der Waals surface area (Å²) in [7, 11) is 4.15. The molecule has 6 atom stereocenters. The number of ketones is 1. The van der Waals surface area contributed by atoms with Gasteiger partial charge in [0.05, 0.1) is 5.60 Å². The lowest BCUT2D eigenvalue weighted by Gasteiger charge is -2.55. The molecular formula is C29H37NO2. The van der Waals surface area contributed by atoms with Gasteiger partial charge in [0.1, 0.15) is 0 Å². The molecule has 4 aliphatic rings. The molecule has 0 bridgehead atoms. The predicted molar refractivity (Wildman–Crippen MR) is 131 cm³/mol. The number of carbonyl (C=O) groups is 1. The normalized spacial score (nSPS) is 38.5. The lowest BCUT2D eigenvalue weighted by Crippen LogP contribution is -2.51. The Kier molecular flexibility index (Phi) is 5.05. The fourth-order valence-corrected chi connectivity index (χ4v) is 7.92. The van der Waals surface area contributed by atoms with Gasteiger partial charge >= 0.3 is 0 Å². The summed E-state index contributed by atoms with van der Waals surface area (Å²) in [6.45, 7) is 8.73. The van der Waals surface area contributed by atoms with Crippen molar-refractivity contribution in [2.75, 3.05) is 19.0 Å². The highest BCUT2D eigenvalue weighted by atomic mass is 16.3. The highest BCUT2D eigenvalue weighted by molar-refractivity contribution is 5.93. The third kappa shape index (κ3) is 3.00. The molecule has 2 saturated carbocycles. The van der Waals surface area contributed by atoms with Gasteiger partial charge in [0.2, 0.25) is 0 Å². The van der Waals surface area contributed by atoms with E-state index in [0.717, 1.165) is 32.1 Å². The molecule has 0 amide bonds. The van der Waals surface area contributed by atoms with Crippen molar-refractivity contribution < 1.29 is 9.90 Å². The van der Waals surface area contributed by atoms with Crippen LogP contribution in [0.3, 0.4) is 0 Å². The van der Waals surface area contributed by atoms with E-state index in [1.54, 1.807) is 5.57 Å². The zero-order chi connectivity index (χ0) is 22.8.